The largest absolute Gasteiger partial charge is 0.303 e. The van der Waals surface area contributed by atoms with E-state index in [-0.39, 0.29) is 4.92 Å². The van der Waals surface area contributed by atoms with Gasteiger partial charge in [-0.1, -0.05) is 51.2 Å². The molecule has 0 saturated heterocycles. The van der Waals surface area contributed by atoms with E-state index in [4.69, 9.17) is 0 Å². The number of hydrogen-bond donors (Lipinski definition) is 0. The van der Waals surface area contributed by atoms with Gasteiger partial charge in [0.05, 0.1) is 4.92 Å². The van der Waals surface area contributed by atoms with Gasteiger partial charge in [-0.05, 0) is 38.2 Å². The van der Waals surface area contributed by atoms with Gasteiger partial charge in [0.25, 0.3) is 0 Å². The Morgan fingerprint density at radius 3 is 2.32 bits per heavy atom. The number of carbonyl (C=O) groups is 1. The van der Waals surface area contributed by atoms with Crippen LogP contribution in [0.5, 0.6) is 0 Å². The fourth-order valence-corrected chi connectivity index (χ4v) is 2.26. The van der Waals surface area contributed by atoms with Crippen LogP contribution in [0.25, 0.3) is 0 Å². The molecular weight excluding hydrogens is 278 g/mol. The molecule has 0 heterocycles. The first-order chi connectivity index (χ1) is 10.7. The first-order valence-electron chi connectivity index (χ1n) is 8.64. The summed E-state index contributed by atoms with van der Waals surface area (Å²) < 4.78 is 0. The molecule has 0 aliphatic carbocycles. The van der Waals surface area contributed by atoms with E-state index < -0.39 is 0 Å². The lowest BCUT2D eigenvalue weighted by Gasteiger charge is -2.00. The van der Waals surface area contributed by atoms with Crippen LogP contribution < -0.4 is 0 Å². The minimum absolute atomic E-state index is 0.253. The number of rotatable bonds is 15. The molecule has 0 aliphatic heterocycles. The molecule has 4 heteroatoms. The summed E-state index contributed by atoms with van der Waals surface area (Å²) in [6.45, 7) is 2.18. The zero-order valence-corrected chi connectivity index (χ0v) is 14.0. The van der Waals surface area contributed by atoms with Crippen LogP contribution in [-0.4, -0.2) is 11.2 Å². The molecule has 0 fully saturated rings. The van der Waals surface area contributed by atoms with Crippen LogP contribution in [0.3, 0.4) is 0 Å². The number of carbonyl (C=O) groups excluding carboxylic acids is 1. The average molecular weight is 309 g/mol. The van der Waals surface area contributed by atoms with Crippen LogP contribution in [0.15, 0.2) is 23.9 Å². The van der Waals surface area contributed by atoms with E-state index in [1.165, 1.54) is 19.3 Å². The van der Waals surface area contributed by atoms with Crippen LogP contribution in [0.2, 0.25) is 0 Å². The van der Waals surface area contributed by atoms with Crippen LogP contribution >= 0.6 is 0 Å². The van der Waals surface area contributed by atoms with Gasteiger partial charge in [0, 0.05) is 12.8 Å². The molecule has 0 amide bonds. The summed E-state index contributed by atoms with van der Waals surface area (Å²) in [5, 5.41) is 11.0. The lowest BCUT2D eigenvalue weighted by atomic mass is 10.1. The molecule has 0 saturated carbocycles. The number of unbranched alkanes of at least 4 members (excludes halogenated alkanes) is 8. The number of allylic oxidation sites excluding steroid dienone is 4. The van der Waals surface area contributed by atoms with Gasteiger partial charge in [-0.15, -0.1) is 0 Å². The van der Waals surface area contributed by atoms with Crippen molar-refractivity contribution < 1.29 is 9.72 Å². The van der Waals surface area contributed by atoms with Crippen molar-refractivity contribution in [3.05, 3.63) is 34.0 Å². The summed E-state index contributed by atoms with van der Waals surface area (Å²) in [7, 11) is 0. The smallest absolute Gasteiger partial charge is 0.242 e. The Morgan fingerprint density at radius 2 is 1.64 bits per heavy atom. The maximum atomic E-state index is 11.0. The quantitative estimate of drug-likeness (QED) is 0.130. The van der Waals surface area contributed by atoms with Crippen LogP contribution in [0.4, 0.5) is 0 Å². The molecule has 0 aromatic rings. The third kappa shape index (κ3) is 13.5. The summed E-state index contributed by atoms with van der Waals surface area (Å²) in [6.07, 6.45) is 18.3. The molecule has 0 radical (unpaired) electrons. The van der Waals surface area contributed by atoms with Crippen molar-refractivity contribution in [1.29, 1.82) is 0 Å². The van der Waals surface area contributed by atoms with E-state index in [0.717, 1.165) is 44.8 Å². The molecule has 126 valence electrons. The molecule has 0 rings (SSSR count). The summed E-state index contributed by atoms with van der Waals surface area (Å²) in [5.74, 6) is 0. The Bertz CT molecular complexity index is 348. The normalized spacial score (nSPS) is 12.0. The van der Waals surface area contributed by atoms with E-state index in [0.29, 0.717) is 25.0 Å². The highest BCUT2D eigenvalue weighted by Gasteiger charge is 2.08. The van der Waals surface area contributed by atoms with Gasteiger partial charge < -0.3 is 4.79 Å². The summed E-state index contributed by atoms with van der Waals surface area (Å²) >= 11 is 0. The van der Waals surface area contributed by atoms with E-state index in [2.05, 4.69) is 13.0 Å². The van der Waals surface area contributed by atoms with Gasteiger partial charge in [-0.2, -0.15) is 0 Å². The molecule has 0 aromatic heterocycles. The third-order valence-electron chi connectivity index (χ3n) is 3.62. The highest BCUT2D eigenvalue weighted by Crippen LogP contribution is 2.13. The monoisotopic (exact) mass is 309 g/mol. The van der Waals surface area contributed by atoms with Crippen molar-refractivity contribution in [2.75, 3.05) is 0 Å². The number of aldehydes is 1. The van der Waals surface area contributed by atoms with Gasteiger partial charge in [0.15, 0.2) is 0 Å². The Kier molecular flexibility index (Phi) is 14.9. The molecule has 0 aliphatic rings. The van der Waals surface area contributed by atoms with Crippen molar-refractivity contribution in [3.63, 3.8) is 0 Å². The summed E-state index contributed by atoms with van der Waals surface area (Å²) in [6, 6.07) is 0. The molecule has 0 N–H and O–H groups in total. The van der Waals surface area contributed by atoms with Gasteiger partial charge in [0.1, 0.15) is 6.29 Å². The zero-order valence-electron chi connectivity index (χ0n) is 14.0. The van der Waals surface area contributed by atoms with Gasteiger partial charge in [-0.25, -0.2) is 0 Å². The number of nitrogens with zero attached hydrogens (tertiary/aromatic N) is 1. The number of nitro groups is 1. The molecule has 4 nitrogen and oxygen atoms in total. The fourth-order valence-electron chi connectivity index (χ4n) is 2.26. The van der Waals surface area contributed by atoms with Crippen molar-refractivity contribution in [1.82, 2.24) is 0 Å². The maximum Gasteiger partial charge on any atom is 0.242 e. The predicted molar refractivity (Wildman–Crippen MR) is 91.4 cm³/mol. The summed E-state index contributed by atoms with van der Waals surface area (Å²) in [5.41, 5.74) is 0.339. The highest BCUT2D eigenvalue weighted by molar-refractivity contribution is 5.48. The first-order valence-corrected chi connectivity index (χ1v) is 8.64. The Morgan fingerprint density at radius 1 is 0.955 bits per heavy atom. The molecule has 22 heavy (non-hydrogen) atoms. The van der Waals surface area contributed by atoms with Gasteiger partial charge >= 0.3 is 0 Å². The highest BCUT2D eigenvalue weighted by atomic mass is 16.6. The van der Waals surface area contributed by atoms with Crippen LogP contribution in [0, 0.1) is 10.1 Å². The van der Waals surface area contributed by atoms with Crippen molar-refractivity contribution in [3.8, 4) is 0 Å². The van der Waals surface area contributed by atoms with E-state index in [1.807, 2.05) is 6.08 Å². The van der Waals surface area contributed by atoms with Crippen molar-refractivity contribution in [2.45, 2.75) is 84.0 Å². The molecule has 0 bridgehead atoms. The molecule has 0 atom stereocenters. The third-order valence-corrected chi connectivity index (χ3v) is 3.62. The average Bonchev–Trinajstić information content (AvgIpc) is 2.50. The Balaban J connectivity index is 3.82. The van der Waals surface area contributed by atoms with Crippen LogP contribution in [0.1, 0.15) is 84.0 Å². The molecular formula is C18H31NO3. The van der Waals surface area contributed by atoms with Gasteiger partial charge in [0.2, 0.25) is 5.70 Å². The van der Waals surface area contributed by atoms with E-state index >= 15 is 0 Å². The standard InChI is InChI=1S/C18H31NO3/c1-2-3-4-5-6-9-12-15-18(19(21)22)16-13-10-7-8-11-14-17-20/h6,9,15,17H,2-5,7-8,10-14,16H2,1H3/b9-6-,18-15+. The Labute approximate surface area is 134 Å². The van der Waals surface area contributed by atoms with Crippen LogP contribution in [-0.2, 0) is 4.79 Å². The molecule has 0 unspecified atom stereocenters. The molecule has 0 spiro atoms. The van der Waals surface area contributed by atoms with E-state index in [9.17, 15) is 14.9 Å². The Hall–Kier alpha value is -1.45. The lowest BCUT2D eigenvalue weighted by Crippen LogP contribution is -1.98. The number of hydrogen-bond acceptors (Lipinski definition) is 3. The second kappa shape index (κ2) is 15.9. The van der Waals surface area contributed by atoms with Crippen molar-refractivity contribution in [2.24, 2.45) is 0 Å². The zero-order chi connectivity index (χ0) is 16.5. The molecule has 0 aromatic carbocycles. The van der Waals surface area contributed by atoms with Crippen molar-refractivity contribution >= 4 is 6.29 Å². The van der Waals surface area contributed by atoms with Gasteiger partial charge in [-0.3, -0.25) is 10.1 Å². The second-order valence-electron chi connectivity index (χ2n) is 5.63. The predicted octanol–water partition coefficient (Wildman–Crippen LogP) is 5.60. The summed E-state index contributed by atoms with van der Waals surface area (Å²) in [4.78, 5) is 20.9. The SMILES string of the molecule is CCCCC/C=C\C/C=C(\CCCCCCCC=O)[N+](=O)[O-]. The topological polar surface area (TPSA) is 60.2 Å². The van der Waals surface area contributed by atoms with E-state index in [1.54, 1.807) is 6.08 Å². The fraction of sp³-hybridized carbons (Fsp3) is 0.722. The lowest BCUT2D eigenvalue weighted by molar-refractivity contribution is -0.428. The minimum atomic E-state index is -0.253. The minimum Gasteiger partial charge on any atom is -0.303 e. The maximum absolute atomic E-state index is 11.0. The first kappa shape index (κ1) is 20.6. The second-order valence-corrected chi connectivity index (χ2v) is 5.63.